The molecule has 18 aromatic carbocycles. The zero-order chi connectivity index (χ0) is 91.4. The molecule has 0 fully saturated rings. The van der Waals surface area contributed by atoms with Gasteiger partial charge in [-0.1, -0.05) is 394 Å². The van der Waals surface area contributed by atoms with Gasteiger partial charge in [0.25, 0.3) is 0 Å². The van der Waals surface area contributed by atoms with E-state index in [0.717, 1.165) is 195 Å². The number of para-hydroxylation sites is 9. The van der Waals surface area contributed by atoms with Gasteiger partial charge in [0.05, 0.1) is 49.8 Å². The van der Waals surface area contributed by atoms with Crippen LogP contribution in [0.2, 0.25) is 0 Å². The number of oxazole rings is 3. The van der Waals surface area contributed by atoms with E-state index in [9.17, 15) is 0 Å². The summed E-state index contributed by atoms with van der Waals surface area (Å²) in [6, 6.07) is 162. The molecule has 0 radical (unpaired) electrons. The summed E-state index contributed by atoms with van der Waals surface area (Å²) >= 11 is 0. The Kier molecular flexibility index (Phi) is 20.5. The van der Waals surface area contributed by atoms with E-state index in [1.54, 1.807) is 0 Å². The molecule has 0 saturated carbocycles. The summed E-state index contributed by atoms with van der Waals surface area (Å²) < 4.78 is 26.0. The van der Waals surface area contributed by atoms with Crippen molar-refractivity contribution in [1.29, 1.82) is 0 Å². The number of aromatic nitrogens is 12. The van der Waals surface area contributed by atoms with Crippen molar-refractivity contribution in [3.05, 3.63) is 473 Å². The number of hydrogen-bond acceptors (Lipinski definition) is 12. The van der Waals surface area contributed by atoms with Crippen LogP contribution in [0.15, 0.2) is 486 Å². The SMILES string of the molecule is c1ccc(-c2nc(-c3ccccc3)nc(-c3ccc(-c4cccc(-c5c6ccccc6n6c5oc5ccccc56)c4)cc3)n2)cc1.c1ccc(-c2nc(-c3ccccc3)nc(-c3cccc(-c4ccc(-c5c6ccccc6n6c5oc5ccccc56)cc4)c3)n2)cc1.c1ccc(-c2nc(-c3ccccc3)nc(-c3cccc(-c4cccc(-c5c6ccccc6n6c5oc5ccccc56)c4)c3)n2)cc1. The average Bonchev–Trinajstić information content (AvgIpc) is 1.57. The highest BCUT2D eigenvalue weighted by Crippen LogP contribution is 2.46. The van der Waals surface area contributed by atoms with Crippen molar-refractivity contribution in [2.45, 2.75) is 0 Å². The highest BCUT2D eigenvalue weighted by molar-refractivity contribution is 6.10. The molecule has 0 aliphatic rings. The first kappa shape index (κ1) is 81.0. The molecule has 0 unspecified atom stereocenters. The maximum atomic E-state index is 6.48. The Morgan fingerprint density at radius 1 is 0.130 bits per heavy atom. The third-order valence-electron chi connectivity index (χ3n) is 25.4. The Hall–Kier alpha value is -19.0. The van der Waals surface area contributed by atoms with Crippen molar-refractivity contribution in [2.24, 2.45) is 0 Å². The number of nitrogens with zero attached hydrogens (tertiary/aromatic N) is 12. The van der Waals surface area contributed by atoms with Crippen LogP contribution >= 0.6 is 0 Å². The second-order valence-corrected chi connectivity index (χ2v) is 33.9. The van der Waals surface area contributed by atoms with Crippen LogP contribution in [0, 0.1) is 0 Å². The first-order valence-corrected chi connectivity index (χ1v) is 45.9. The van der Waals surface area contributed by atoms with E-state index < -0.39 is 0 Å². The van der Waals surface area contributed by atoms with Crippen molar-refractivity contribution in [2.75, 3.05) is 0 Å². The molecule has 0 aliphatic heterocycles. The van der Waals surface area contributed by atoms with Gasteiger partial charge in [-0.3, -0.25) is 13.2 Å². The minimum Gasteiger partial charge on any atom is -0.438 e. The lowest BCUT2D eigenvalue weighted by Crippen LogP contribution is -2.00. The fourth-order valence-corrected chi connectivity index (χ4v) is 18.8. The predicted molar refractivity (Wildman–Crippen MR) is 556 cm³/mol. The molecule has 27 rings (SSSR count). The van der Waals surface area contributed by atoms with E-state index in [2.05, 4.69) is 268 Å². The Morgan fingerprint density at radius 2 is 0.312 bits per heavy atom. The summed E-state index contributed by atoms with van der Waals surface area (Å²) in [4.78, 5) is 44.0. The van der Waals surface area contributed by atoms with Crippen LogP contribution in [0.1, 0.15) is 0 Å². The monoisotopic (exact) mass is 1770 g/mol. The molecule has 0 spiro atoms. The van der Waals surface area contributed by atoms with E-state index in [1.807, 2.05) is 218 Å². The maximum absolute atomic E-state index is 6.48. The topological polar surface area (TPSA) is 169 Å². The standard InChI is InChI=1S/3C41H26N4O/c1-3-13-27(14-4-1)38-42-39(28-15-5-2-6-16-28)44-40(43-38)32-20-12-18-30(26-32)29-17-11-19-31(25-29)37-33-21-7-8-22-34(33)45-35-23-9-10-24-36(35)46-41(37)45;1-3-12-29(13-4-1)38-42-39(30-14-5-2-6-15-30)44-40(43-38)32-17-11-16-31(26-32)27-22-24-28(25-23-27)37-33-18-7-8-19-34(33)45-35-20-9-10-21-36(35)46-41(37)45;1-3-12-28(13-4-1)38-42-39(29-14-5-2-6-15-29)44-40(43-38)30-24-22-27(23-25-30)31-16-11-17-32(26-31)37-33-18-7-8-19-34(33)45-35-20-9-10-21-36(35)46-41(37)45/h3*1-26H. The van der Waals surface area contributed by atoms with E-state index in [0.29, 0.717) is 52.4 Å². The number of rotatable bonds is 15. The molecular formula is C123H78N12O3. The lowest BCUT2D eigenvalue weighted by atomic mass is 9.97. The predicted octanol–water partition coefficient (Wildman–Crippen LogP) is 31.1. The zero-order valence-electron chi connectivity index (χ0n) is 74.1. The van der Waals surface area contributed by atoms with Crippen molar-refractivity contribution in [3.63, 3.8) is 0 Å². The van der Waals surface area contributed by atoms with Gasteiger partial charge in [0.2, 0.25) is 17.1 Å². The third-order valence-corrected chi connectivity index (χ3v) is 25.4. The summed E-state index contributed by atoms with van der Waals surface area (Å²) in [5, 5.41) is 3.49. The van der Waals surface area contributed by atoms with Crippen molar-refractivity contribution < 1.29 is 13.3 Å². The van der Waals surface area contributed by atoms with E-state index >= 15 is 0 Å². The Labute approximate surface area is 791 Å². The lowest BCUT2D eigenvalue weighted by Gasteiger charge is -2.10. The van der Waals surface area contributed by atoms with Gasteiger partial charge in [-0.05, 0) is 129 Å². The van der Waals surface area contributed by atoms with Gasteiger partial charge in [-0.2, -0.15) is 0 Å². The number of benzene rings is 18. The van der Waals surface area contributed by atoms with Crippen LogP contribution in [0.3, 0.4) is 0 Å². The van der Waals surface area contributed by atoms with Crippen molar-refractivity contribution in [3.8, 4) is 169 Å². The molecule has 9 aromatic heterocycles. The smallest absolute Gasteiger partial charge is 0.213 e. The van der Waals surface area contributed by atoms with Gasteiger partial charge in [0.1, 0.15) is 0 Å². The van der Waals surface area contributed by atoms with Crippen molar-refractivity contribution >= 4 is 83.1 Å². The summed E-state index contributed by atoms with van der Waals surface area (Å²) in [5.74, 6) is 5.80. The van der Waals surface area contributed by atoms with Crippen LogP contribution in [0.25, 0.3) is 252 Å². The van der Waals surface area contributed by atoms with Crippen LogP contribution < -0.4 is 0 Å². The van der Waals surface area contributed by atoms with E-state index in [1.165, 1.54) is 5.39 Å². The van der Waals surface area contributed by atoms with Crippen LogP contribution in [-0.4, -0.2) is 58.1 Å². The third kappa shape index (κ3) is 15.1. The summed E-state index contributed by atoms with van der Waals surface area (Å²) in [6.07, 6.45) is 0. The second-order valence-electron chi connectivity index (χ2n) is 33.9. The van der Waals surface area contributed by atoms with Gasteiger partial charge in [-0.15, -0.1) is 0 Å². The Bertz CT molecular complexity index is 9090. The van der Waals surface area contributed by atoms with Gasteiger partial charge in [0.15, 0.2) is 69.2 Å². The lowest BCUT2D eigenvalue weighted by molar-refractivity contribution is 0.658. The maximum Gasteiger partial charge on any atom is 0.213 e. The second kappa shape index (κ2) is 35.0. The molecule has 648 valence electrons. The van der Waals surface area contributed by atoms with Crippen LogP contribution in [0.5, 0.6) is 0 Å². The van der Waals surface area contributed by atoms with Gasteiger partial charge in [-0.25, -0.2) is 44.9 Å². The minimum atomic E-state index is 0.633. The van der Waals surface area contributed by atoms with Crippen LogP contribution in [-0.2, 0) is 0 Å². The largest absolute Gasteiger partial charge is 0.438 e. The molecule has 27 aromatic rings. The van der Waals surface area contributed by atoms with Gasteiger partial charge < -0.3 is 13.3 Å². The quantitative estimate of drug-likeness (QED) is 0.0954. The Balaban J connectivity index is 0.000000110. The first-order chi connectivity index (χ1) is 68.4. The molecule has 0 bridgehead atoms. The van der Waals surface area contributed by atoms with Crippen LogP contribution in [0.4, 0.5) is 0 Å². The molecule has 15 nitrogen and oxygen atoms in total. The highest BCUT2D eigenvalue weighted by Gasteiger charge is 2.26. The first-order valence-electron chi connectivity index (χ1n) is 45.9. The van der Waals surface area contributed by atoms with Gasteiger partial charge >= 0.3 is 0 Å². The highest BCUT2D eigenvalue weighted by atomic mass is 16.4. The molecule has 0 aliphatic carbocycles. The molecule has 0 atom stereocenters. The summed E-state index contributed by atoms with van der Waals surface area (Å²) in [5.41, 5.74) is 33.4. The minimum absolute atomic E-state index is 0.633. The number of hydrogen-bond donors (Lipinski definition) is 0. The Morgan fingerprint density at radius 3 is 0.594 bits per heavy atom. The molecule has 138 heavy (non-hydrogen) atoms. The van der Waals surface area contributed by atoms with E-state index in [4.69, 9.17) is 58.1 Å². The molecular weight excluding hydrogens is 1690 g/mol. The summed E-state index contributed by atoms with van der Waals surface area (Å²) in [7, 11) is 0. The molecule has 15 heteroatoms. The fraction of sp³-hybridized carbons (Fsp3) is 0. The molecule has 9 heterocycles. The fourth-order valence-electron chi connectivity index (χ4n) is 18.8. The molecule has 0 N–H and O–H groups in total. The normalized spacial score (nSPS) is 11.5. The average molecular weight is 1770 g/mol. The number of fused-ring (bicyclic) bond motifs is 15. The summed E-state index contributed by atoms with van der Waals surface area (Å²) in [6.45, 7) is 0. The molecule has 0 saturated heterocycles. The molecule has 0 amide bonds. The van der Waals surface area contributed by atoms with Gasteiger partial charge in [0, 0.05) is 66.2 Å². The van der Waals surface area contributed by atoms with Crippen molar-refractivity contribution in [1.82, 2.24) is 58.1 Å². The van der Waals surface area contributed by atoms with E-state index in [-0.39, 0.29) is 0 Å². The zero-order valence-corrected chi connectivity index (χ0v) is 74.1.